The van der Waals surface area contributed by atoms with Gasteiger partial charge in [0.25, 0.3) is 5.91 Å². The molecular weight excluding hydrogens is 480 g/mol. The number of rotatable bonds is 4. The molecule has 32 heavy (non-hydrogen) atoms. The molecule has 2 aromatic heterocycles. The fourth-order valence-electron chi connectivity index (χ4n) is 4.71. The van der Waals surface area contributed by atoms with E-state index < -0.39 is 0 Å². The third kappa shape index (κ3) is 3.12. The topological polar surface area (TPSA) is 36.1 Å². The first kappa shape index (κ1) is 19.5. The lowest BCUT2D eigenvalue weighted by Crippen LogP contribution is -2.28. The summed E-state index contributed by atoms with van der Waals surface area (Å²) < 4.78 is 1.04. The van der Waals surface area contributed by atoms with Crippen molar-refractivity contribution >= 4 is 44.1 Å². The Kier molecular flexibility index (Phi) is 4.74. The highest BCUT2D eigenvalue weighted by molar-refractivity contribution is 9.10. The summed E-state index contributed by atoms with van der Waals surface area (Å²) in [5, 5.41) is 3.22. The van der Waals surface area contributed by atoms with Gasteiger partial charge in [0.15, 0.2) is 0 Å². The Hall–Kier alpha value is -3.15. The normalized spacial score (nSPS) is 15.5. The van der Waals surface area contributed by atoms with Gasteiger partial charge >= 0.3 is 0 Å². The molecule has 1 aliphatic rings. The minimum absolute atomic E-state index is 0.0889. The largest absolute Gasteiger partial charge is 0.354 e. The molecule has 0 bridgehead atoms. The summed E-state index contributed by atoms with van der Waals surface area (Å²) in [5.74, 6) is 0.0889. The minimum Gasteiger partial charge on any atom is -0.354 e. The maximum atomic E-state index is 13.6. The van der Waals surface area contributed by atoms with Crippen molar-refractivity contribution in [2.24, 2.45) is 0 Å². The number of H-pyrrole nitrogens is 1. The summed E-state index contributed by atoms with van der Waals surface area (Å²) in [6.07, 6.45) is 0. The first-order chi connectivity index (χ1) is 15.7. The number of hydrogen-bond donors (Lipinski definition) is 1. The summed E-state index contributed by atoms with van der Waals surface area (Å²) in [6, 6.07) is 28.7. The van der Waals surface area contributed by atoms with Crippen molar-refractivity contribution in [3.05, 3.63) is 116 Å². The molecule has 1 N–H and O–H groups in total. The number of halogens is 1. The number of nitrogens with zero attached hydrogens (tertiary/aromatic N) is 1. The maximum Gasteiger partial charge on any atom is 0.255 e. The number of aromatic nitrogens is 1. The number of amides is 1. The van der Waals surface area contributed by atoms with E-state index in [0.29, 0.717) is 6.54 Å². The zero-order valence-corrected chi connectivity index (χ0v) is 19.5. The smallest absolute Gasteiger partial charge is 0.255 e. The van der Waals surface area contributed by atoms with Crippen LogP contribution in [-0.4, -0.2) is 15.8 Å². The van der Waals surface area contributed by atoms with Crippen LogP contribution in [0.2, 0.25) is 0 Å². The molecule has 0 aliphatic carbocycles. The Balaban J connectivity index is 1.61. The average Bonchev–Trinajstić information content (AvgIpc) is 3.53. The summed E-state index contributed by atoms with van der Waals surface area (Å²) in [7, 11) is 0. The van der Waals surface area contributed by atoms with Crippen LogP contribution < -0.4 is 0 Å². The second-order valence-corrected chi connectivity index (χ2v) is 9.92. The number of nitrogens with one attached hydrogen (secondary N) is 1. The van der Waals surface area contributed by atoms with Crippen LogP contribution in [0.25, 0.3) is 22.2 Å². The van der Waals surface area contributed by atoms with Crippen molar-refractivity contribution < 1.29 is 4.79 Å². The van der Waals surface area contributed by atoms with E-state index in [0.717, 1.165) is 43.3 Å². The number of thiophene rings is 1. The van der Waals surface area contributed by atoms with Crippen molar-refractivity contribution in [3.63, 3.8) is 0 Å². The Morgan fingerprint density at radius 2 is 1.69 bits per heavy atom. The SMILES string of the molecule is O=C1c2ccccc2[C@H](c2c(-c3ccc(Br)cc3)[nH]c3ccccc23)N1Cc1cccs1. The Labute approximate surface area is 198 Å². The molecule has 3 aromatic carbocycles. The average molecular weight is 499 g/mol. The van der Waals surface area contributed by atoms with E-state index in [-0.39, 0.29) is 11.9 Å². The van der Waals surface area contributed by atoms with Crippen molar-refractivity contribution in [3.8, 4) is 11.3 Å². The Morgan fingerprint density at radius 3 is 2.50 bits per heavy atom. The predicted octanol–water partition coefficient (Wildman–Crippen LogP) is 7.40. The van der Waals surface area contributed by atoms with Gasteiger partial charge in [-0.3, -0.25) is 4.79 Å². The van der Waals surface area contributed by atoms with Crippen LogP contribution in [0.4, 0.5) is 0 Å². The number of benzene rings is 3. The van der Waals surface area contributed by atoms with Gasteiger partial charge in [0.05, 0.1) is 18.3 Å². The Bertz CT molecular complexity index is 1440. The summed E-state index contributed by atoms with van der Waals surface area (Å²) in [6.45, 7) is 0.592. The van der Waals surface area contributed by atoms with Crippen LogP contribution in [0.1, 0.15) is 32.4 Å². The van der Waals surface area contributed by atoms with Crippen molar-refractivity contribution in [1.29, 1.82) is 0 Å². The zero-order chi connectivity index (χ0) is 21.7. The fraction of sp³-hybridized carbons (Fsp3) is 0.0741. The van der Waals surface area contributed by atoms with Crippen LogP contribution in [0, 0.1) is 0 Å². The van der Waals surface area contributed by atoms with Crippen LogP contribution in [0.3, 0.4) is 0 Å². The van der Waals surface area contributed by atoms with Crippen molar-refractivity contribution in [1.82, 2.24) is 9.88 Å². The first-order valence-electron chi connectivity index (χ1n) is 10.5. The van der Waals surface area contributed by atoms with Gasteiger partial charge in [-0.25, -0.2) is 0 Å². The second-order valence-electron chi connectivity index (χ2n) is 7.97. The van der Waals surface area contributed by atoms with Gasteiger partial charge in [0.2, 0.25) is 0 Å². The number of para-hydroxylation sites is 1. The van der Waals surface area contributed by atoms with E-state index >= 15 is 0 Å². The third-order valence-electron chi connectivity index (χ3n) is 6.12. The Morgan fingerprint density at radius 1 is 0.906 bits per heavy atom. The summed E-state index contributed by atoms with van der Waals surface area (Å²) >= 11 is 5.24. The highest BCUT2D eigenvalue weighted by Gasteiger charge is 2.40. The number of carbonyl (C=O) groups excluding carboxylic acids is 1. The molecule has 0 radical (unpaired) electrons. The third-order valence-corrected chi connectivity index (χ3v) is 7.51. The van der Waals surface area contributed by atoms with Gasteiger partial charge in [-0.15, -0.1) is 11.3 Å². The van der Waals surface area contributed by atoms with Crippen LogP contribution in [0.15, 0.2) is 94.8 Å². The summed E-state index contributed by atoms with van der Waals surface area (Å²) in [5.41, 5.74) is 6.25. The maximum absolute atomic E-state index is 13.6. The van der Waals surface area contributed by atoms with Crippen LogP contribution in [0.5, 0.6) is 0 Å². The van der Waals surface area contributed by atoms with Crippen LogP contribution in [-0.2, 0) is 6.54 Å². The molecule has 156 valence electrons. The van der Waals surface area contributed by atoms with Crippen LogP contribution >= 0.6 is 27.3 Å². The predicted molar refractivity (Wildman–Crippen MR) is 134 cm³/mol. The molecule has 0 unspecified atom stereocenters. The second kappa shape index (κ2) is 7.76. The number of fused-ring (bicyclic) bond motifs is 2. The van der Waals surface area contributed by atoms with Gasteiger partial charge < -0.3 is 9.88 Å². The highest BCUT2D eigenvalue weighted by atomic mass is 79.9. The number of hydrogen-bond acceptors (Lipinski definition) is 2. The van der Waals surface area contributed by atoms with E-state index in [4.69, 9.17) is 0 Å². The standard InChI is InChI=1S/C27H19BrN2OS/c28-18-13-11-17(12-14-18)25-24(22-9-3-4-10-23(22)29-25)26-20-7-1-2-8-21(20)27(31)30(26)16-19-6-5-15-32-19/h1-15,26,29H,16H2/t26-/m1/s1. The molecule has 0 saturated heterocycles. The van der Waals surface area contributed by atoms with E-state index in [2.05, 4.69) is 80.9 Å². The number of carbonyl (C=O) groups is 1. The van der Waals surface area contributed by atoms with Gasteiger partial charge in [-0.2, -0.15) is 0 Å². The molecule has 3 heterocycles. The van der Waals surface area contributed by atoms with Gasteiger partial charge in [-0.1, -0.05) is 70.5 Å². The molecule has 0 fully saturated rings. The zero-order valence-electron chi connectivity index (χ0n) is 17.1. The fourth-order valence-corrected chi connectivity index (χ4v) is 5.67. The lowest BCUT2D eigenvalue weighted by atomic mass is 9.93. The molecule has 0 spiro atoms. The number of aromatic amines is 1. The van der Waals surface area contributed by atoms with E-state index in [1.807, 2.05) is 35.2 Å². The molecule has 3 nitrogen and oxygen atoms in total. The lowest BCUT2D eigenvalue weighted by Gasteiger charge is -2.26. The molecule has 5 aromatic rings. The highest BCUT2D eigenvalue weighted by Crippen LogP contribution is 2.46. The van der Waals surface area contributed by atoms with E-state index in [9.17, 15) is 4.79 Å². The summed E-state index contributed by atoms with van der Waals surface area (Å²) in [4.78, 5) is 20.4. The minimum atomic E-state index is -0.157. The van der Waals surface area contributed by atoms with E-state index in [1.165, 1.54) is 4.88 Å². The molecule has 1 atom stereocenters. The molecule has 1 amide bonds. The molecular formula is C27H19BrN2OS. The van der Waals surface area contributed by atoms with Crippen molar-refractivity contribution in [2.45, 2.75) is 12.6 Å². The van der Waals surface area contributed by atoms with E-state index in [1.54, 1.807) is 11.3 Å². The van der Waals surface area contributed by atoms with Gasteiger partial charge in [0, 0.05) is 31.4 Å². The quantitative estimate of drug-likeness (QED) is 0.275. The monoisotopic (exact) mass is 498 g/mol. The molecule has 5 heteroatoms. The van der Waals surface area contributed by atoms with Crippen molar-refractivity contribution in [2.75, 3.05) is 0 Å². The first-order valence-corrected chi connectivity index (χ1v) is 12.2. The van der Waals surface area contributed by atoms with Gasteiger partial charge in [-0.05, 0) is 46.8 Å². The molecule has 0 saturated carbocycles. The van der Waals surface area contributed by atoms with Gasteiger partial charge in [0.1, 0.15) is 0 Å². The molecule has 6 rings (SSSR count). The lowest BCUT2D eigenvalue weighted by molar-refractivity contribution is 0.0739. The molecule has 1 aliphatic heterocycles.